The van der Waals surface area contributed by atoms with Gasteiger partial charge in [-0.25, -0.2) is 0 Å². The summed E-state index contributed by atoms with van der Waals surface area (Å²) in [6.07, 6.45) is -0.257. The summed E-state index contributed by atoms with van der Waals surface area (Å²) in [7, 11) is -4.53. The van der Waals surface area contributed by atoms with Crippen LogP contribution in [0.1, 0.15) is 13.3 Å². The molecule has 0 aromatic heterocycles. The van der Waals surface area contributed by atoms with Crippen LogP contribution in [0.15, 0.2) is 0 Å². The van der Waals surface area contributed by atoms with Crippen molar-refractivity contribution in [1.82, 2.24) is 0 Å². The Kier molecular flexibility index (Phi) is 5.84. The predicted octanol–water partition coefficient (Wildman–Crippen LogP) is -0.212. The van der Waals surface area contributed by atoms with Gasteiger partial charge in [-0.15, -0.1) is 0 Å². The third-order valence-electron chi connectivity index (χ3n) is 0.831. The van der Waals surface area contributed by atoms with Crippen LogP contribution in [-0.2, 0) is 10.1 Å². The minimum absolute atomic E-state index is 0. The smallest absolute Gasteiger partial charge is 0.310 e. The quantitative estimate of drug-likeness (QED) is 0.365. The summed E-state index contributed by atoms with van der Waals surface area (Å²) >= 11 is 4.91. The van der Waals surface area contributed by atoms with E-state index in [1.54, 1.807) is 0 Å². The maximum Gasteiger partial charge on any atom is 0.310 e. The van der Waals surface area contributed by atoms with Crippen LogP contribution in [-0.4, -0.2) is 52.0 Å². The van der Waals surface area contributed by atoms with Crippen molar-refractivity contribution in [2.75, 3.05) is 0 Å². The van der Waals surface area contributed by atoms with Crippen molar-refractivity contribution in [3.8, 4) is 0 Å². The third-order valence-corrected chi connectivity index (χ3v) is 2.76. The summed E-state index contributed by atoms with van der Waals surface area (Å²) in [5.41, 5.74) is 0. The van der Waals surface area contributed by atoms with Gasteiger partial charge in [-0.3, -0.25) is 4.55 Å². The molecule has 2 N–H and O–H groups in total. The van der Waals surface area contributed by atoms with Gasteiger partial charge in [-0.1, -0.05) is 18.5 Å². The first kappa shape index (κ1) is 13.7. The molecule has 1 unspecified atom stereocenters. The minimum atomic E-state index is -4.53. The van der Waals surface area contributed by atoms with Gasteiger partial charge in [-0.05, 0) is 0 Å². The van der Waals surface area contributed by atoms with Crippen LogP contribution >= 0.6 is 11.6 Å². The topological polar surface area (TPSA) is 74.6 Å². The summed E-state index contributed by atoms with van der Waals surface area (Å²) < 4.78 is 25.7. The summed E-state index contributed by atoms with van der Waals surface area (Å²) in [5, 5.41) is 8.59. The first-order valence-electron chi connectivity index (χ1n) is 2.19. The molecule has 10 heavy (non-hydrogen) atoms. The van der Waals surface area contributed by atoms with E-state index in [9.17, 15) is 8.42 Å². The average molecular weight is 198 g/mol. The SMILES string of the molecule is CCC(O)(Cl)S(=O)(=O)O.[Na]. The molecule has 0 aromatic rings. The van der Waals surface area contributed by atoms with E-state index in [0.29, 0.717) is 0 Å². The zero-order valence-corrected chi connectivity index (χ0v) is 9.28. The van der Waals surface area contributed by atoms with Gasteiger partial charge in [0.2, 0.25) is 0 Å². The molecule has 0 saturated carbocycles. The Labute approximate surface area is 86.6 Å². The fraction of sp³-hybridized carbons (Fsp3) is 1.00. The molecule has 1 radical (unpaired) electrons. The van der Waals surface area contributed by atoms with Crippen LogP contribution in [0.25, 0.3) is 0 Å². The van der Waals surface area contributed by atoms with Gasteiger partial charge >= 0.3 is 10.1 Å². The number of hydrogen-bond acceptors (Lipinski definition) is 3. The van der Waals surface area contributed by atoms with Gasteiger partial charge in [-0.2, -0.15) is 8.42 Å². The van der Waals surface area contributed by atoms with Crippen molar-refractivity contribution in [1.29, 1.82) is 0 Å². The summed E-state index contributed by atoms with van der Waals surface area (Å²) in [6.45, 7) is 1.33. The van der Waals surface area contributed by atoms with Gasteiger partial charge in [0.25, 0.3) is 4.39 Å². The zero-order chi connectivity index (χ0) is 7.71. The Morgan fingerprint density at radius 2 is 1.90 bits per heavy atom. The minimum Gasteiger partial charge on any atom is -0.361 e. The van der Waals surface area contributed by atoms with E-state index in [4.69, 9.17) is 21.3 Å². The molecular weight excluding hydrogens is 191 g/mol. The molecule has 0 aliphatic rings. The average Bonchev–Trinajstić information content (AvgIpc) is 1.64. The Morgan fingerprint density at radius 1 is 1.60 bits per heavy atom. The fourth-order valence-corrected chi connectivity index (χ4v) is 0.547. The molecule has 0 aromatic carbocycles. The Balaban J connectivity index is 0. The van der Waals surface area contributed by atoms with Crippen molar-refractivity contribution in [3.05, 3.63) is 0 Å². The van der Waals surface area contributed by atoms with Crippen LogP contribution in [0.3, 0.4) is 0 Å². The number of alkyl halides is 1. The Bertz CT molecular complexity index is 187. The fourth-order valence-electron chi connectivity index (χ4n) is 0.182. The zero-order valence-electron chi connectivity index (χ0n) is 5.70. The molecule has 0 aliphatic carbocycles. The number of rotatable bonds is 2. The molecule has 0 spiro atoms. The molecule has 0 heterocycles. The largest absolute Gasteiger partial charge is 0.361 e. The standard InChI is InChI=1S/C3H7ClO4S.Na/c1-2-3(4,5)9(6,7)8;/h5H,2H2,1H3,(H,6,7,8);. The molecule has 7 heteroatoms. The number of aliphatic hydroxyl groups is 1. The van der Waals surface area contributed by atoms with E-state index in [1.807, 2.05) is 0 Å². The molecule has 0 amide bonds. The number of halogens is 1. The van der Waals surface area contributed by atoms with E-state index < -0.39 is 14.5 Å². The van der Waals surface area contributed by atoms with E-state index in [-0.39, 0.29) is 36.0 Å². The van der Waals surface area contributed by atoms with E-state index in [0.717, 1.165) is 0 Å². The second kappa shape index (κ2) is 4.25. The number of hydrogen-bond donors (Lipinski definition) is 2. The summed E-state index contributed by atoms with van der Waals surface area (Å²) in [6, 6.07) is 0. The van der Waals surface area contributed by atoms with E-state index in [1.165, 1.54) is 6.92 Å². The van der Waals surface area contributed by atoms with Crippen molar-refractivity contribution < 1.29 is 18.1 Å². The molecule has 0 aliphatic heterocycles. The van der Waals surface area contributed by atoms with Crippen LogP contribution in [0.2, 0.25) is 0 Å². The summed E-state index contributed by atoms with van der Waals surface area (Å²) in [4.78, 5) is 0. The maximum atomic E-state index is 10.1. The molecule has 0 saturated heterocycles. The van der Waals surface area contributed by atoms with Crippen molar-refractivity contribution in [2.45, 2.75) is 17.7 Å². The van der Waals surface area contributed by atoms with E-state index in [2.05, 4.69) is 0 Å². The van der Waals surface area contributed by atoms with Crippen molar-refractivity contribution in [3.63, 3.8) is 0 Å². The third kappa shape index (κ3) is 3.52. The normalized spacial score (nSPS) is 17.2. The van der Waals surface area contributed by atoms with Crippen LogP contribution in [0.5, 0.6) is 0 Å². The predicted molar refractivity (Wildman–Crippen MR) is 38.4 cm³/mol. The van der Waals surface area contributed by atoms with Crippen LogP contribution in [0.4, 0.5) is 0 Å². The maximum absolute atomic E-state index is 10.1. The van der Waals surface area contributed by atoms with Gasteiger partial charge in [0.1, 0.15) is 0 Å². The molecule has 0 bridgehead atoms. The molecule has 1 atom stereocenters. The molecule has 4 nitrogen and oxygen atoms in total. The first-order valence-corrected chi connectivity index (χ1v) is 4.01. The summed E-state index contributed by atoms with van der Waals surface area (Å²) in [5.74, 6) is 0. The van der Waals surface area contributed by atoms with Gasteiger partial charge in [0.15, 0.2) is 0 Å². The molecule has 0 fully saturated rings. The molecule has 57 valence electrons. The van der Waals surface area contributed by atoms with Gasteiger partial charge in [0, 0.05) is 36.0 Å². The first-order chi connectivity index (χ1) is 3.81. The Hall–Kier alpha value is 1.16. The second-order valence-corrected chi connectivity index (χ2v) is 3.99. The second-order valence-electron chi connectivity index (χ2n) is 1.52. The molecule has 0 rings (SSSR count). The van der Waals surface area contributed by atoms with Gasteiger partial charge < -0.3 is 5.11 Å². The van der Waals surface area contributed by atoms with Crippen molar-refractivity contribution >= 4 is 51.3 Å². The molecular formula is C3H7ClNaO4S. The van der Waals surface area contributed by atoms with Gasteiger partial charge in [0.05, 0.1) is 0 Å². The van der Waals surface area contributed by atoms with Crippen LogP contribution < -0.4 is 0 Å². The van der Waals surface area contributed by atoms with E-state index >= 15 is 0 Å². The monoisotopic (exact) mass is 197 g/mol. The Morgan fingerprint density at radius 3 is 1.90 bits per heavy atom. The van der Waals surface area contributed by atoms with Crippen molar-refractivity contribution in [2.24, 2.45) is 0 Å². The van der Waals surface area contributed by atoms with Crippen LogP contribution in [0, 0.1) is 0 Å².